The normalized spacial score (nSPS) is 13.9. The highest BCUT2D eigenvalue weighted by atomic mass is 16.5. The molecule has 0 unspecified atom stereocenters. The zero-order valence-corrected chi connectivity index (χ0v) is 15.2. The number of fused-ring (bicyclic) bond motifs is 1. The maximum Gasteiger partial charge on any atom is 0.338 e. The Bertz CT molecular complexity index is 1030. The lowest BCUT2D eigenvalue weighted by Crippen LogP contribution is -2.30. The molecule has 1 aromatic heterocycles. The second-order valence-electron chi connectivity index (χ2n) is 6.53. The predicted molar refractivity (Wildman–Crippen MR) is 105 cm³/mol. The van der Waals surface area contributed by atoms with Gasteiger partial charge in [-0.05, 0) is 56.2 Å². The van der Waals surface area contributed by atoms with Crippen molar-refractivity contribution >= 4 is 22.8 Å². The first-order chi connectivity index (χ1) is 13.2. The van der Waals surface area contributed by atoms with Crippen molar-refractivity contribution in [2.75, 3.05) is 24.6 Å². The highest BCUT2D eigenvalue weighted by Crippen LogP contribution is 2.23. The maximum absolute atomic E-state index is 13.2. The van der Waals surface area contributed by atoms with Crippen LogP contribution in [0.2, 0.25) is 0 Å². The lowest BCUT2D eigenvalue weighted by Gasteiger charge is -2.22. The van der Waals surface area contributed by atoms with E-state index < -0.39 is 0 Å². The fourth-order valence-electron chi connectivity index (χ4n) is 3.44. The largest absolute Gasteiger partial charge is 0.462 e. The van der Waals surface area contributed by atoms with Gasteiger partial charge in [-0.2, -0.15) is 0 Å². The number of rotatable bonds is 4. The molecule has 1 aliphatic rings. The van der Waals surface area contributed by atoms with Crippen molar-refractivity contribution in [3.05, 3.63) is 64.4 Å². The lowest BCUT2D eigenvalue weighted by molar-refractivity contribution is 0.0526. The SMILES string of the molecule is CCOC(=O)c1ccc(-n2c(N3CCCC3)nc3ccccc3c2=O)cc1. The first kappa shape index (κ1) is 17.3. The first-order valence-corrected chi connectivity index (χ1v) is 9.23. The molecule has 0 bridgehead atoms. The molecule has 27 heavy (non-hydrogen) atoms. The first-order valence-electron chi connectivity index (χ1n) is 9.23. The van der Waals surface area contributed by atoms with Crippen LogP contribution in [0.15, 0.2) is 53.3 Å². The van der Waals surface area contributed by atoms with Crippen molar-refractivity contribution in [3.63, 3.8) is 0 Å². The predicted octanol–water partition coefficient (Wildman–Crippen LogP) is 3.16. The molecule has 1 saturated heterocycles. The van der Waals surface area contributed by atoms with Crippen LogP contribution in [-0.4, -0.2) is 35.2 Å². The summed E-state index contributed by atoms with van der Waals surface area (Å²) in [7, 11) is 0. The van der Waals surface area contributed by atoms with Crippen LogP contribution in [0.5, 0.6) is 0 Å². The van der Waals surface area contributed by atoms with E-state index in [1.807, 2.05) is 18.2 Å². The van der Waals surface area contributed by atoms with Gasteiger partial charge >= 0.3 is 5.97 Å². The number of esters is 1. The Labute approximate surface area is 157 Å². The molecule has 3 aromatic rings. The number of carbonyl (C=O) groups excluding carboxylic acids is 1. The summed E-state index contributed by atoms with van der Waals surface area (Å²) in [6.07, 6.45) is 2.18. The van der Waals surface area contributed by atoms with Gasteiger partial charge in [0, 0.05) is 13.1 Å². The van der Waals surface area contributed by atoms with Crippen molar-refractivity contribution in [1.29, 1.82) is 0 Å². The zero-order chi connectivity index (χ0) is 18.8. The number of nitrogens with zero attached hydrogens (tertiary/aromatic N) is 3. The number of benzene rings is 2. The van der Waals surface area contributed by atoms with Gasteiger partial charge in [-0.3, -0.25) is 4.79 Å². The highest BCUT2D eigenvalue weighted by Gasteiger charge is 2.21. The monoisotopic (exact) mass is 363 g/mol. The third-order valence-corrected chi connectivity index (χ3v) is 4.78. The topological polar surface area (TPSA) is 64.4 Å². The molecular formula is C21H21N3O3. The number of para-hydroxylation sites is 1. The summed E-state index contributed by atoms with van der Waals surface area (Å²) in [6, 6.07) is 14.3. The van der Waals surface area contributed by atoms with Gasteiger partial charge in [0.1, 0.15) is 0 Å². The molecule has 2 aromatic carbocycles. The van der Waals surface area contributed by atoms with E-state index in [1.165, 1.54) is 0 Å². The highest BCUT2D eigenvalue weighted by molar-refractivity contribution is 5.89. The van der Waals surface area contributed by atoms with Crippen LogP contribution in [0.3, 0.4) is 0 Å². The molecule has 2 heterocycles. The van der Waals surface area contributed by atoms with Crippen molar-refractivity contribution in [2.24, 2.45) is 0 Å². The average Bonchev–Trinajstić information content (AvgIpc) is 3.23. The summed E-state index contributed by atoms with van der Waals surface area (Å²) < 4.78 is 6.67. The molecule has 1 fully saturated rings. The third-order valence-electron chi connectivity index (χ3n) is 4.78. The quantitative estimate of drug-likeness (QED) is 0.666. The molecule has 6 nitrogen and oxygen atoms in total. The summed E-state index contributed by atoms with van der Waals surface area (Å²) in [4.78, 5) is 32.1. The van der Waals surface area contributed by atoms with Gasteiger partial charge in [0.05, 0.1) is 28.8 Å². The molecule has 0 atom stereocenters. The van der Waals surface area contributed by atoms with Crippen LogP contribution in [0.4, 0.5) is 5.95 Å². The van der Waals surface area contributed by atoms with Gasteiger partial charge in [0.2, 0.25) is 5.95 Å². The van der Waals surface area contributed by atoms with Crippen molar-refractivity contribution in [3.8, 4) is 5.69 Å². The minimum absolute atomic E-state index is 0.105. The Morgan fingerprint density at radius 1 is 1.07 bits per heavy atom. The maximum atomic E-state index is 13.2. The van der Waals surface area contributed by atoms with E-state index in [-0.39, 0.29) is 11.5 Å². The van der Waals surface area contributed by atoms with Crippen LogP contribution < -0.4 is 10.5 Å². The smallest absolute Gasteiger partial charge is 0.338 e. The number of hydrogen-bond donors (Lipinski definition) is 0. The Morgan fingerprint density at radius 3 is 2.48 bits per heavy atom. The molecule has 0 saturated carbocycles. The average molecular weight is 363 g/mol. The molecule has 0 N–H and O–H groups in total. The molecule has 1 aliphatic heterocycles. The van der Waals surface area contributed by atoms with Crippen LogP contribution >= 0.6 is 0 Å². The molecule has 138 valence electrons. The Kier molecular flexibility index (Phi) is 4.62. The lowest BCUT2D eigenvalue weighted by atomic mass is 10.2. The minimum Gasteiger partial charge on any atom is -0.462 e. The number of carbonyl (C=O) groups is 1. The van der Waals surface area contributed by atoms with Crippen LogP contribution in [0.1, 0.15) is 30.1 Å². The van der Waals surface area contributed by atoms with Gasteiger partial charge < -0.3 is 9.64 Å². The Hall–Kier alpha value is -3.15. The molecule has 0 amide bonds. The van der Waals surface area contributed by atoms with E-state index in [1.54, 1.807) is 41.8 Å². The van der Waals surface area contributed by atoms with E-state index in [0.29, 0.717) is 34.7 Å². The van der Waals surface area contributed by atoms with Crippen molar-refractivity contribution in [1.82, 2.24) is 9.55 Å². The molecule has 0 radical (unpaired) electrons. The summed E-state index contributed by atoms with van der Waals surface area (Å²) >= 11 is 0. The van der Waals surface area contributed by atoms with Crippen LogP contribution in [-0.2, 0) is 4.74 Å². The van der Waals surface area contributed by atoms with E-state index in [4.69, 9.17) is 9.72 Å². The number of ether oxygens (including phenoxy) is 1. The summed E-state index contributed by atoms with van der Waals surface area (Å²) in [5.41, 5.74) is 1.74. The summed E-state index contributed by atoms with van der Waals surface area (Å²) in [5.74, 6) is 0.285. The number of anilines is 1. The van der Waals surface area contributed by atoms with E-state index >= 15 is 0 Å². The van der Waals surface area contributed by atoms with E-state index in [2.05, 4.69) is 4.90 Å². The van der Waals surface area contributed by atoms with Crippen LogP contribution in [0, 0.1) is 0 Å². The van der Waals surface area contributed by atoms with Crippen LogP contribution in [0.25, 0.3) is 16.6 Å². The molecule has 6 heteroatoms. The van der Waals surface area contributed by atoms with Gasteiger partial charge in [0.25, 0.3) is 5.56 Å². The molecular weight excluding hydrogens is 342 g/mol. The second-order valence-corrected chi connectivity index (χ2v) is 6.53. The summed E-state index contributed by atoms with van der Waals surface area (Å²) in [5, 5.41) is 0.579. The standard InChI is InChI=1S/C21H21N3O3/c1-2-27-20(26)15-9-11-16(12-10-15)24-19(25)17-7-3-4-8-18(17)22-21(24)23-13-5-6-14-23/h3-4,7-12H,2,5-6,13-14H2,1H3. The van der Waals surface area contributed by atoms with E-state index in [9.17, 15) is 9.59 Å². The Morgan fingerprint density at radius 2 is 1.78 bits per heavy atom. The molecule has 0 aliphatic carbocycles. The van der Waals surface area contributed by atoms with Crippen molar-refractivity contribution < 1.29 is 9.53 Å². The van der Waals surface area contributed by atoms with Gasteiger partial charge in [0.15, 0.2) is 0 Å². The third kappa shape index (κ3) is 3.18. The zero-order valence-electron chi connectivity index (χ0n) is 15.2. The molecule has 4 rings (SSSR count). The number of aromatic nitrogens is 2. The minimum atomic E-state index is -0.368. The fourth-order valence-corrected chi connectivity index (χ4v) is 3.44. The molecule has 0 spiro atoms. The van der Waals surface area contributed by atoms with Gasteiger partial charge in [-0.1, -0.05) is 12.1 Å². The summed E-state index contributed by atoms with van der Waals surface area (Å²) in [6.45, 7) is 3.86. The second kappa shape index (κ2) is 7.23. The Balaban J connectivity index is 1.86. The van der Waals surface area contributed by atoms with E-state index in [0.717, 1.165) is 25.9 Å². The fraction of sp³-hybridized carbons (Fsp3) is 0.286. The van der Waals surface area contributed by atoms with Gasteiger partial charge in [-0.15, -0.1) is 0 Å². The van der Waals surface area contributed by atoms with Gasteiger partial charge in [-0.25, -0.2) is 14.3 Å². The van der Waals surface area contributed by atoms with Crippen molar-refractivity contribution in [2.45, 2.75) is 19.8 Å². The number of hydrogen-bond acceptors (Lipinski definition) is 5.